The van der Waals surface area contributed by atoms with E-state index in [0.717, 1.165) is 6.42 Å². The highest BCUT2D eigenvalue weighted by Crippen LogP contribution is 2.41. The first-order valence-corrected chi connectivity index (χ1v) is 10.1. The van der Waals surface area contributed by atoms with E-state index in [9.17, 15) is 0 Å². The lowest BCUT2D eigenvalue weighted by atomic mass is 10.1. The van der Waals surface area contributed by atoms with Crippen molar-refractivity contribution in [2.75, 3.05) is 0 Å². The summed E-state index contributed by atoms with van der Waals surface area (Å²) in [7, 11) is -1.73. The van der Waals surface area contributed by atoms with Gasteiger partial charge in [-0.1, -0.05) is 79.9 Å². The van der Waals surface area contributed by atoms with Crippen molar-refractivity contribution in [1.82, 2.24) is 0 Å². The summed E-state index contributed by atoms with van der Waals surface area (Å²) in [5, 5.41) is 3.36. The minimum Gasteiger partial charge on any atom is -0.106 e. The first-order chi connectivity index (χ1) is 9.19. The third-order valence-corrected chi connectivity index (χ3v) is 8.69. The lowest BCUT2D eigenvalue weighted by molar-refractivity contribution is 0.796. The topological polar surface area (TPSA) is 0 Å². The number of allylic oxidation sites excluding steroid dienone is 4. The summed E-state index contributed by atoms with van der Waals surface area (Å²) in [6.07, 6.45) is 11.3. The molecule has 0 aromatic heterocycles. The molecule has 0 aliphatic carbocycles. The summed E-state index contributed by atoms with van der Waals surface area (Å²) in [6, 6.07) is 0. The highest BCUT2D eigenvalue weighted by molar-refractivity contribution is 7.01. The fourth-order valence-corrected chi connectivity index (χ4v) is 7.10. The Morgan fingerprint density at radius 2 is 1.58 bits per heavy atom. The molecule has 0 N–H and O–H groups in total. The molecule has 0 unspecified atom stereocenters. The minimum absolute atomic E-state index is 1.16. The molecule has 0 atom stereocenters. The van der Waals surface area contributed by atoms with E-state index in [1.165, 1.54) is 38.5 Å². The highest BCUT2D eigenvalue weighted by Gasteiger charge is 2.39. The van der Waals surface area contributed by atoms with Gasteiger partial charge in [-0.15, -0.1) is 13.2 Å². The minimum atomic E-state index is -1.73. The molecule has 1 heteroatoms. The summed E-state index contributed by atoms with van der Waals surface area (Å²) in [5.41, 5.74) is 6.11. The average molecular weight is 275 g/mol. The first kappa shape index (κ1) is 16.2. The van der Waals surface area contributed by atoms with E-state index in [-0.39, 0.29) is 0 Å². The van der Waals surface area contributed by atoms with E-state index >= 15 is 0 Å². The molecule has 1 rings (SSSR count). The Morgan fingerprint density at radius 1 is 1.00 bits per heavy atom. The number of hydrogen-bond donors (Lipinski definition) is 0. The van der Waals surface area contributed by atoms with Crippen LogP contribution in [0.2, 0.25) is 0 Å². The SMILES string of the molecule is C=C[Si]1(C=C)C(CCCC)=CC(CC)=C1CCCC. The van der Waals surface area contributed by atoms with Crippen molar-refractivity contribution in [3.05, 3.63) is 46.6 Å². The average Bonchev–Trinajstić information content (AvgIpc) is 2.75. The second-order valence-corrected chi connectivity index (χ2v) is 9.31. The zero-order chi connectivity index (χ0) is 14.3. The molecule has 0 saturated heterocycles. The van der Waals surface area contributed by atoms with E-state index in [4.69, 9.17) is 0 Å². The van der Waals surface area contributed by atoms with Gasteiger partial charge in [0.05, 0.1) is 0 Å². The molecule has 1 heterocycles. The van der Waals surface area contributed by atoms with Crippen molar-refractivity contribution in [1.29, 1.82) is 0 Å². The predicted molar refractivity (Wildman–Crippen MR) is 90.6 cm³/mol. The third kappa shape index (κ3) is 3.20. The third-order valence-electron chi connectivity index (χ3n) is 4.37. The van der Waals surface area contributed by atoms with E-state index < -0.39 is 8.07 Å². The Morgan fingerprint density at radius 3 is 2.05 bits per heavy atom. The molecular weight excluding hydrogens is 244 g/mol. The normalized spacial score (nSPS) is 17.5. The van der Waals surface area contributed by atoms with Gasteiger partial charge in [-0.2, -0.15) is 0 Å². The van der Waals surface area contributed by atoms with Crippen LogP contribution in [0.15, 0.2) is 46.6 Å². The highest BCUT2D eigenvalue weighted by atomic mass is 28.3. The summed E-state index contributed by atoms with van der Waals surface area (Å²) < 4.78 is 0. The molecule has 0 radical (unpaired) electrons. The van der Waals surface area contributed by atoms with Crippen molar-refractivity contribution in [2.45, 2.75) is 65.7 Å². The molecule has 19 heavy (non-hydrogen) atoms. The second-order valence-electron chi connectivity index (χ2n) is 5.51. The number of unbranched alkanes of at least 4 members (excludes halogenated alkanes) is 2. The van der Waals surface area contributed by atoms with Gasteiger partial charge in [-0.25, -0.2) is 0 Å². The fourth-order valence-electron chi connectivity index (χ4n) is 3.15. The Bertz CT molecular complexity index is 376. The molecule has 106 valence electrons. The van der Waals surface area contributed by atoms with Gasteiger partial charge in [-0.05, 0) is 19.3 Å². The fraction of sp³-hybridized carbons (Fsp3) is 0.556. The van der Waals surface area contributed by atoms with Gasteiger partial charge < -0.3 is 0 Å². The van der Waals surface area contributed by atoms with Gasteiger partial charge in [0.15, 0.2) is 8.07 Å². The second kappa shape index (κ2) is 7.69. The lowest BCUT2D eigenvalue weighted by Gasteiger charge is -2.27. The molecule has 0 aromatic rings. The summed E-state index contributed by atoms with van der Waals surface area (Å²) in [5.74, 6) is 0. The first-order valence-electron chi connectivity index (χ1n) is 7.90. The lowest BCUT2D eigenvalue weighted by Crippen LogP contribution is -2.34. The summed E-state index contributed by atoms with van der Waals surface area (Å²) in [4.78, 5) is 0. The van der Waals surface area contributed by atoms with Crippen LogP contribution in [0, 0.1) is 0 Å². The van der Waals surface area contributed by atoms with Crippen LogP contribution in [0.3, 0.4) is 0 Å². The number of hydrogen-bond acceptors (Lipinski definition) is 0. The Kier molecular flexibility index (Phi) is 6.57. The summed E-state index contributed by atoms with van der Waals surface area (Å²) in [6.45, 7) is 15.2. The zero-order valence-electron chi connectivity index (χ0n) is 13.1. The van der Waals surface area contributed by atoms with Crippen LogP contribution in [0.5, 0.6) is 0 Å². The van der Waals surface area contributed by atoms with E-state index in [1.54, 1.807) is 16.0 Å². The van der Waals surface area contributed by atoms with E-state index in [2.05, 4.69) is 51.4 Å². The zero-order valence-corrected chi connectivity index (χ0v) is 14.1. The van der Waals surface area contributed by atoms with Crippen LogP contribution in [-0.4, -0.2) is 8.07 Å². The molecule has 1 aliphatic heterocycles. The standard InChI is InChI=1S/C18H30Si/c1-6-11-13-17-15-16(8-3)18(14-12-7-2)19(17,9-4)10-5/h9-10,15H,4-8,11-14H2,1-3H3. The Hall–Kier alpha value is -0.823. The smallest absolute Gasteiger partial charge is 0.106 e. The maximum absolute atomic E-state index is 4.19. The van der Waals surface area contributed by atoms with Gasteiger partial charge in [0.2, 0.25) is 0 Å². The van der Waals surface area contributed by atoms with Gasteiger partial charge in [-0.3, -0.25) is 0 Å². The van der Waals surface area contributed by atoms with Gasteiger partial charge in [0, 0.05) is 0 Å². The summed E-state index contributed by atoms with van der Waals surface area (Å²) >= 11 is 0. The van der Waals surface area contributed by atoms with Crippen LogP contribution in [0.1, 0.15) is 65.7 Å². The maximum Gasteiger partial charge on any atom is 0.156 e. The van der Waals surface area contributed by atoms with Crippen LogP contribution in [-0.2, 0) is 0 Å². The Labute approximate surface area is 121 Å². The predicted octanol–water partition coefficient (Wildman–Crippen LogP) is 5.99. The molecule has 0 fully saturated rings. The van der Waals surface area contributed by atoms with E-state index in [1.807, 2.05) is 0 Å². The van der Waals surface area contributed by atoms with Gasteiger partial charge >= 0.3 is 0 Å². The van der Waals surface area contributed by atoms with Gasteiger partial charge in [0.25, 0.3) is 0 Å². The van der Waals surface area contributed by atoms with Crippen molar-refractivity contribution in [3.8, 4) is 0 Å². The van der Waals surface area contributed by atoms with Crippen LogP contribution in [0.4, 0.5) is 0 Å². The molecule has 0 saturated carbocycles. The van der Waals surface area contributed by atoms with Crippen molar-refractivity contribution in [2.24, 2.45) is 0 Å². The van der Waals surface area contributed by atoms with E-state index in [0.29, 0.717) is 0 Å². The van der Waals surface area contributed by atoms with Crippen LogP contribution >= 0.6 is 0 Å². The molecule has 0 amide bonds. The largest absolute Gasteiger partial charge is 0.156 e. The molecule has 0 aromatic carbocycles. The van der Waals surface area contributed by atoms with Crippen molar-refractivity contribution in [3.63, 3.8) is 0 Å². The molecule has 0 bridgehead atoms. The monoisotopic (exact) mass is 274 g/mol. The van der Waals surface area contributed by atoms with Crippen molar-refractivity contribution >= 4 is 8.07 Å². The molecule has 0 spiro atoms. The van der Waals surface area contributed by atoms with Crippen molar-refractivity contribution < 1.29 is 0 Å². The van der Waals surface area contributed by atoms with Crippen LogP contribution in [0.25, 0.3) is 0 Å². The quantitative estimate of drug-likeness (QED) is 0.453. The molecular formula is C18H30Si. The van der Waals surface area contributed by atoms with Gasteiger partial charge in [0.1, 0.15) is 0 Å². The Balaban J connectivity index is 3.11. The maximum atomic E-state index is 4.19. The molecule has 0 nitrogen and oxygen atoms in total. The number of rotatable bonds is 9. The van der Waals surface area contributed by atoms with Crippen LogP contribution < -0.4 is 0 Å². The molecule has 1 aliphatic rings.